The highest BCUT2D eigenvalue weighted by Crippen LogP contribution is 2.44. The first-order chi connectivity index (χ1) is 15.0. The number of nitrogens with one attached hydrogen (secondary N) is 2. The molecule has 0 radical (unpaired) electrons. The van der Waals surface area contributed by atoms with Gasteiger partial charge in [-0.15, -0.1) is 0 Å². The number of ether oxygens (including phenoxy) is 2. The highest BCUT2D eigenvalue weighted by Gasteiger charge is 2.29. The van der Waals surface area contributed by atoms with Crippen LogP contribution in [0.1, 0.15) is 29.9 Å². The molecule has 2 aromatic carbocycles. The summed E-state index contributed by atoms with van der Waals surface area (Å²) in [4.78, 5) is 35.4. The van der Waals surface area contributed by atoms with E-state index in [1.54, 1.807) is 0 Å². The largest absolute Gasteiger partial charge is 0.481 e. The van der Waals surface area contributed by atoms with Crippen molar-refractivity contribution in [2.75, 3.05) is 26.9 Å². The van der Waals surface area contributed by atoms with Gasteiger partial charge >= 0.3 is 12.1 Å². The lowest BCUT2D eigenvalue weighted by molar-refractivity contribution is -0.137. The summed E-state index contributed by atoms with van der Waals surface area (Å²) in [5.41, 5.74) is 4.45. The molecule has 0 fully saturated rings. The van der Waals surface area contributed by atoms with Gasteiger partial charge in [0.2, 0.25) is 5.91 Å². The van der Waals surface area contributed by atoms with Gasteiger partial charge in [-0.05, 0) is 22.3 Å². The molecule has 2 amide bonds. The Bertz CT molecular complexity index is 900. The number of benzene rings is 2. The zero-order valence-electron chi connectivity index (χ0n) is 17.3. The second-order valence-corrected chi connectivity index (χ2v) is 7.24. The highest BCUT2D eigenvalue weighted by atomic mass is 16.5. The molecule has 0 saturated carbocycles. The quantitative estimate of drug-likeness (QED) is 0.538. The van der Waals surface area contributed by atoms with Crippen molar-refractivity contribution < 1.29 is 29.0 Å². The van der Waals surface area contributed by atoms with E-state index >= 15 is 0 Å². The summed E-state index contributed by atoms with van der Waals surface area (Å²) in [6, 6.07) is 15.2. The van der Waals surface area contributed by atoms with Gasteiger partial charge < -0.3 is 25.2 Å². The van der Waals surface area contributed by atoms with Crippen LogP contribution in [-0.4, -0.2) is 56.0 Å². The van der Waals surface area contributed by atoms with Crippen molar-refractivity contribution in [2.24, 2.45) is 0 Å². The lowest BCUT2D eigenvalue weighted by Crippen LogP contribution is -2.48. The van der Waals surface area contributed by atoms with E-state index in [4.69, 9.17) is 14.6 Å². The van der Waals surface area contributed by atoms with Crippen molar-refractivity contribution in [1.82, 2.24) is 10.6 Å². The van der Waals surface area contributed by atoms with Crippen LogP contribution in [-0.2, 0) is 19.1 Å². The molecule has 0 bridgehead atoms. The third kappa shape index (κ3) is 5.61. The molecule has 3 rings (SSSR count). The number of carboxylic acids is 1. The van der Waals surface area contributed by atoms with E-state index in [0.29, 0.717) is 0 Å². The Morgan fingerprint density at radius 2 is 1.65 bits per heavy atom. The molecule has 164 valence electrons. The van der Waals surface area contributed by atoms with E-state index in [2.05, 4.69) is 22.8 Å². The number of amides is 2. The molecule has 0 aliphatic heterocycles. The Morgan fingerprint density at radius 1 is 1.03 bits per heavy atom. The van der Waals surface area contributed by atoms with Crippen LogP contribution in [0.5, 0.6) is 0 Å². The summed E-state index contributed by atoms with van der Waals surface area (Å²) in [6.07, 6.45) is -0.677. The molecular formula is C23H26N2O6. The third-order valence-electron chi connectivity index (χ3n) is 5.20. The SMILES string of the molecule is COCCC(NC(=O)OCC1c2ccccc2-c2ccccc21)C(=O)NCCC(=O)O. The highest BCUT2D eigenvalue weighted by molar-refractivity contribution is 5.86. The summed E-state index contributed by atoms with van der Waals surface area (Å²) in [6.45, 7) is 0.363. The maximum absolute atomic E-state index is 12.4. The number of aliphatic carboxylic acids is 1. The van der Waals surface area contributed by atoms with Gasteiger partial charge in [0.05, 0.1) is 6.42 Å². The molecule has 0 saturated heterocycles. The molecule has 1 aliphatic rings. The minimum atomic E-state index is -1.02. The number of alkyl carbamates (subject to hydrolysis) is 1. The Balaban J connectivity index is 1.61. The third-order valence-corrected chi connectivity index (χ3v) is 5.20. The van der Waals surface area contributed by atoms with Gasteiger partial charge in [0, 0.05) is 32.6 Å². The maximum Gasteiger partial charge on any atom is 0.407 e. The zero-order chi connectivity index (χ0) is 22.2. The second-order valence-electron chi connectivity index (χ2n) is 7.24. The molecule has 1 atom stereocenters. The van der Waals surface area contributed by atoms with Crippen LogP contribution in [0.4, 0.5) is 4.79 Å². The van der Waals surface area contributed by atoms with Gasteiger partial charge in [0.1, 0.15) is 12.6 Å². The fraction of sp³-hybridized carbons (Fsp3) is 0.348. The van der Waals surface area contributed by atoms with Gasteiger partial charge in [-0.2, -0.15) is 0 Å². The number of carboxylic acid groups (broad SMARTS) is 1. The second kappa shape index (κ2) is 10.6. The van der Waals surface area contributed by atoms with Crippen molar-refractivity contribution in [3.05, 3.63) is 59.7 Å². The van der Waals surface area contributed by atoms with Crippen molar-refractivity contribution in [3.8, 4) is 11.1 Å². The molecule has 8 nitrogen and oxygen atoms in total. The van der Waals surface area contributed by atoms with Crippen molar-refractivity contribution >= 4 is 18.0 Å². The summed E-state index contributed by atoms with van der Waals surface area (Å²) in [5.74, 6) is -1.58. The van der Waals surface area contributed by atoms with Crippen LogP contribution < -0.4 is 10.6 Å². The molecule has 0 heterocycles. The first kappa shape index (κ1) is 22.3. The number of hydrogen-bond donors (Lipinski definition) is 3. The first-order valence-electron chi connectivity index (χ1n) is 10.1. The Morgan fingerprint density at radius 3 is 2.23 bits per heavy atom. The Kier molecular flexibility index (Phi) is 7.61. The average Bonchev–Trinajstić information content (AvgIpc) is 3.08. The Hall–Kier alpha value is -3.39. The maximum atomic E-state index is 12.4. The summed E-state index contributed by atoms with van der Waals surface area (Å²) >= 11 is 0. The van der Waals surface area contributed by atoms with Crippen LogP contribution in [0.25, 0.3) is 11.1 Å². The molecular weight excluding hydrogens is 400 g/mol. The van der Waals surface area contributed by atoms with Crippen molar-refractivity contribution in [2.45, 2.75) is 24.8 Å². The van der Waals surface area contributed by atoms with E-state index in [0.717, 1.165) is 22.3 Å². The number of fused-ring (bicyclic) bond motifs is 3. The van der Waals surface area contributed by atoms with Gasteiger partial charge in [0.15, 0.2) is 0 Å². The molecule has 1 aliphatic carbocycles. The molecule has 0 aromatic heterocycles. The normalized spacial score (nSPS) is 13.1. The van der Waals surface area contributed by atoms with E-state index in [-0.39, 0.29) is 38.5 Å². The van der Waals surface area contributed by atoms with Crippen LogP contribution in [0, 0.1) is 0 Å². The molecule has 2 aromatic rings. The lowest BCUT2D eigenvalue weighted by Gasteiger charge is -2.19. The number of rotatable bonds is 10. The van der Waals surface area contributed by atoms with Gasteiger partial charge in [0.25, 0.3) is 0 Å². The van der Waals surface area contributed by atoms with Gasteiger partial charge in [-0.3, -0.25) is 9.59 Å². The van der Waals surface area contributed by atoms with Crippen molar-refractivity contribution in [1.29, 1.82) is 0 Å². The number of carbonyl (C=O) groups is 3. The summed E-state index contributed by atoms with van der Waals surface area (Å²) in [7, 11) is 1.49. The molecule has 8 heteroatoms. The zero-order valence-corrected chi connectivity index (χ0v) is 17.3. The van der Waals surface area contributed by atoms with Crippen molar-refractivity contribution in [3.63, 3.8) is 0 Å². The van der Waals surface area contributed by atoms with Crippen LogP contribution in [0.3, 0.4) is 0 Å². The van der Waals surface area contributed by atoms with E-state index in [1.807, 2.05) is 36.4 Å². The minimum absolute atomic E-state index is 0.0238. The lowest BCUT2D eigenvalue weighted by atomic mass is 9.98. The minimum Gasteiger partial charge on any atom is -0.481 e. The van der Waals surface area contributed by atoms with E-state index in [1.165, 1.54) is 7.11 Å². The smallest absolute Gasteiger partial charge is 0.407 e. The fourth-order valence-corrected chi connectivity index (χ4v) is 3.70. The van der Waals surface area contributed by atoms with Gasteiger partial charge in [-0.1, -0.05) is 48.5 Å². The number of methoxy groups -OCH3 is 1. The topological polar surface area (TPSA) is 114 Å². The number of hydrogen-bond acceptors (Lipinski definition) is 5. The number of carbonyl (C=O) groups excluding carboxylic acids is 2. The molecule has 3 N–H and O–H groups in total. The van der Waals surface area contributed by atoms with E-state index in [9.17, 15) is 14.4 Å². The van der Waals surface area contributed by atoms with Crippen LogP contribution in [0.2, 0.25) is 0 Å². The molecule has 0 spiro atoms. The monoisotopic (exact) mass is 426 g/mol. The predicted octanol–water partition coefficient (Wildman–Crippen LogP) is 2.52. The predicted molar refractivity (Wildman–Crippen MR) is 114 cm³/mol. The standard InChI is InChI=1S/C23H26N2O6/c1-30-13-11-20(22(28)24-12-10-21(26)27)25-23(29)31-14-19-17-8-4-2-6-15(17)16-7-3-5-9-18(16)19/h2-9,19-20H,10-14H2,1H3,(H,24,28)(H,25,29)(H,26,27). The Labute approximate surface area is 180 Å². The van der Waals surface area contributed by atoms with E-state index < -0.39 is 24.0 Å². The van der Waals surface area contributed by atoms with Gasteiger partial charge in [-0.25, -0.2) is 4.79 Å². The summed E-state index contributed by atoms with van der Waals surface area (Å²) < 4.78 is 10.5. The molecule has 1 unspecified atom stereocenters. The van der Waals surface area contributed by atoms with Crippen LogP contribution in [0.15, 0.2) is 48.5 Å². The fourth-order valence-electron chi connectivity index (χ4n) is 3.70. The first-order valence-corrected chi connectivity index (χ1v) is 10.1. The average molecular weight is 426 g/mol. The molecule has 31 heavy (non-hydrogen) atoms. The summed E-state index contributed by atoms with van der Waals surface area (Å²) in [5, 5.41) is 13.8. The van der Waals surface area contributed by atoms with Crippen LogP contribution >= 0.6 is 0 Å².